The third-order valence-electron chi connectivity index (χ3n) is 5.50. The van der Waals surface area contributed by atoms with Crippen LogP contribution in [0.25, 0.3) is 11.4 Å². The molecule has 3 aromatic heterocycles. The molecule has 35 heavy (non-hydrogen) atoms. The van der Waals surface area contributed by atoms with Crippen LogP contribution in [-0.4, -0.2) is 69.8 Å². The Hall–Kier alpha value is -3.16. The van der Waals surface area contributed by atoms with Crippen molar-refractivity contribution in [1.82, 2.24) is 29.7 Å². The minimum absolute atomic E-state index is 0.0512. The van der Waals surface area contributed by atoms with Crippen LogP contribution in [0.15, 0.2) is 30.9 Å². The number of nitrogens with one attached hydrogen (secondary N) is 1. The molecule has 0 aromatic carbocycles. The van der Waals surface area contributed by atoms with Gasteiger partial charge >= 0.3 is 0 Å². The largest absolute Gasteiger partial charge is 0.489 e. The van der Waals surface area contributed by atoms with Crippen molar-refractivity contribution >= 4 is 16.0 Å². The zero-order valence-corrected chi connectivity index (χ0v) is 21.1. The maximum atomic E-state index is 13.5. The fraction of sp³-hybridized carbons (Fsp3) is 0.500. The highest BCUT2D eigenvalue weighted by Crippen LogP contribution is 2.36. The zero-order chi connectivity index (χ0) is 25.2. The van der Waals surface area contributed by atoms with Crippen LogP contribution in [0.1, 0.15) is 44.3 Å². The van der Waals surface area contributed by atoms with E-state index in [0.29, 0.717) is 17.1 Å². The Morgan fingerprint density at radius 3 is 2.63 bits per heavy atom. The molecule has 0 fully saturated rings. The first-order valence-electron chi connectivity index (χ1n) is 11.2. The molecule has 188 valence electrons. The van der Waals surface area contributed by atoms with Crippen molar-refractivity contribution in [2.24, 2.45) is 0 Å². The first-order chi connectivity index (χ1) is 16.7. The summed E-state index contributed by atoms with van der Waals surface area (Å²) in [5, 5.41) is 7.38. The Bertz CT molecular complexity index is 1260. The molecule has 0 saturated carbocycles. The summed E-state index contributed by atoms with van der Waals surface area (Å²) in [6, 6.07) is 1.36. The first kappa shape index (κ1) is 24.9. The van der Waals surface area contributed by atoms with Gasteiger partial charge in [-0.05, 0) is 39.3 Å². The molecule has 3 atom stereocenters. The zero-order valence-electron chi connectivity index (χ0n) is 20.2. The number of hydrogen-bond donors (Lipinski definition) is 1. The van der Waals surface area contributed by atoms with Crippen LogP contribution in [0.3, 0.4) is 0 Å². The minimum atomic E-state index is -4.02. The van der Waals surface area contributed by atoms with Gasteiger partial charge in [0.1, 0.15) is 23.7 Å². The summed E-state index contributed by atoms with van der Waals surface area (Å²) in [7, 11) is -2.46. The number of aryl methyl sites for hydroxylation is 1. The lowest BCUT2D eigenvalue weighted by Gasteiger charge is -2.26. The molecule has 1 aliphatic heterocycles. The van der Waals surface area contributed by atoms with Gasteiger partial charge < -0.3 is 14.2 Å². The molecule has 12 nitrogen and oxygen atoms in total. The Labute approximate surface area is 204 Å². The van der Waals surface area contributed by atoms with Crippen molar-refractivity contribution in [3.05, 3.63) is 42.2 Å². The van der Waals surface area contributed by atoms with Crippen molar-refractivity contribution in [2.75, 3.05) is 25.0 Å². The Morgan fingerprint density at radius 2 is 1.94 bits per heavy atom. The van der Waals surface area contributed by atoms with Crippen molar-refractivity contribution < 1.29 is 22.6 Å². The van der Waals surface area contributed by atoms with Crippen molar-refractivity contribution in [3.63, 3.8) is 0 Å². The summed E-state index contributed by atoms with van der Waals surface area (Å²) >= 11 is 0. The van der Waals surface area contributed by atoms with Gasteiger partial charge in [0, 0.05) is 25.7 Å². The van der Waals surface area contributed by atoms with Gasteiger partial charge in [0.05, 0.1) is 30.5 Å². The molecule has 1 N–H and O–H groups in total. The second-order valence-electron chi connectivity index (χ2n) is 8.59. The van der Waals surface area contributed by atoms with Gasteiger partial charge in [-0.15, -0.1) is 10.2 Å². The summed E-state index contributed by atoms with van der Waals surface area (Å²) in [5.74, 6) is 1.32. The van der Waals surface area contributed by atoms with E-state index in [1.54, 1.807) is 49.5 Å². The monoisotopic (exact) mass is 503 g/mol. The molecule has 0 aliphatic carbocycles. The third kappa shape index (κ3) is 5.26. The van der Waals surface area contributed by atoms with Crippen molar-refractivity contribution in [2.45, 2.75) is 51.2 Å². The van der Waals surface area contributed by atoms with E-state index < -0.39 is 21.4 Å². The number of hydrogen-bond acceptors (Lipinski definition) is 10. The molecule has 0 bridgehead atoms. The van der Waals surface area contributed by atoms with Gasteiger partial charge in [-0.3, -0.25) is 14.3 Å². The number of aromatic nitrogens is 6. The van der Waals surface area contributed by atoms with Crippen LogP contribution in [0.5, 0.6) is 5.75 Å². The van der Waals surface area contributed by atoms with Crippen molar-refractivity contribution in [3.8, 4) is 17.1 Å². The van der Waals surface area contributed by atoms with E-state index in [1.807, 2.05) is 20.8 Å². The Morgan fingerprint density at radius 1 is 1.20 bits per heavy atom. The van der Waals surface area contributed by atoms with Crippen LogP contribution in [-0.2, 0) is 19.5 Å². The first-order valence-corrected chi connectivity index (χ1v) is 12.7. The van der Waals surface area contributed by atoms with E-state index in [1.165, 1.54) is 0 Å². The lowest BCUT2D eigenvalue weighted by atomic mass is 10.2. The van der Waals surface area contributed by atoms with E-state index in [9.17, 15) is 8.42 Å². The molecule has 0 amide bonds. The van der Waals surface area contributed by atoms with Gasteiger partial charge in [-0.25, -0.2) is 18.4 Å². The van der Waals surface area contributed by atoms with Crippen LogP contribution < -0.4 is 9.46 Å². The highest BCUT2D eigenvalue weighted by Gasteiger charge is 2.36. The van der Waals surface area contributed by atoms with Gasteiger partial charge in [-0.1, -0.05) is 0 Å². The number of rotatable bonds is 9. The summed E-state index contributed by atoms with van der Waals surface area (Å²) in [6.45, 7) is 7.54. The van der Waals surface area contributed by atoms with Crippen molar-refractivity contribution in [1.29, 1.82) is 0 Å². The van der Waals surface area contributed by atoms with Gasteiger partial charge in [-0.2, -0.15) is 0 Å². The molecular weight excluding hydrogens is 474 g/mol. The lowest BCUT2D eigenvalue weighted by molar-refractivity contribution is 0.00152. The van der Waals surface area contributed by atoms with Gasteiger partial charge in [0.25, 0.3) is 0 Å². The average molecular weight is 504 g/mol. The number of ether oxygens (including phenoxy) is 3. The SMILES string of the molecule is COC[C@@H]1COc2cnccc2-c2nnc(NS(=O)(=O)[C@@H](C)[C@@H](OC(C)C)c3ncc(C)cn3)n21. The molecule has 0 unspecified atom stereocenters. The predicted molar refractivity (Wildman–Crippen MR) is 127 cm³/mol. The predicted octanol–water partition coefficient (Wildman–Crippen LogP) is 2.31. The normalized spacial score (nSPS) is 17.1. The second kappa shape index (κ2) is 10.2. The highest BCUT2D eigenvalue weighted by molar-refractivity contribution is 7.93. The fourth-order valence-electron chi connectivity index (χ4n) is 3.75. The molecule has 4 rings (SSSR count). The van der Waals surface area contributed by atoms with E-state index in [-0.39, 0.29) is 37.1 Å². The number of methoxy groups -OCH3 is 1. The van der Waals surface area contributed by atoms with Crippen LogP contribution in [0, 0.1) is 6.92 Å². The number of anilines is 1. The highest BCUT2D eigenvalue weighted by atomic mass is 32.2. The average Bonchev–Trinajstić information content (AvgIpc) is 3.15. The summed E-state index contributed by atoms with van der Waals surface area (Å²) in [5.41, 5.74) is 1.51. The minimum Gasteiger partial charge on any atom is -0.489 e. The summed E-state index contributed by atoms with van der Waals surface area (Å²) in [6.07, 6.45) is 5.31. The molecular formula is C22H29N7O5S. The maximum absolute atomic E-state index is 13.5. The van der Waals surface area contributed by atoms with Gasteiger partial charge in [0.2, 0.25) is 16.0 Å². The molecule has 0 spiro atoms. The topological polar surface area (TPSA) is 143 Å². The van der Waals surface area contributed by atoms with Gasteiger partial charge in [0.15, 0.2) is 11.6 Å². The second-order valence-corrected chi connectivity index (χ2v) is 10.6. The molecule has 13 heteroatoms. The van der Waals surface area contributed by atoms with Crippen LogP contribution >= 0.6 is 0 Å². The Kier molecular flexibility index (Phi) is 7.28. The van der Waals surface area contributed by atoms with Crippen LogP contribution in [0.2, 0.25) is 0 Å². The number of fused-ring (bicyclic) bond motifs is 3. The van der Waals surface area contributed by atoms with Crippen LogP contribution in [0.4, 0.5) is 5.95 Å². The third-order valence-corrected chi connectivity index (χ3v) is 7.19. The molecule has 0 radical (unpaired) electrons. The maximum Gasteiger partial charge on any atom is 0.240 e. The standard InChI is InChI=1S/C22H29N7O5S/c1-13(2)34-19(20-24-8-14(3)9-25-20)15(4)35(30,31)28-22-27-26-21-17-6-7-23-10-18(17)33-12-16(11-32-5)29(21)22/h6-10,13,15-16,19H,11-12H2,1-5H3,(H,27,28)/t15-,16+,19+/m0/s1. The lowest BCUT2D eigenvalue weighted by Crippen LogP contribution is -2.35. The molecule has 0 saturated heterocycles. The number of sulfonamides is 1. The fourth-order valence-corrected chi connectivity index (χ4v) is 4.84. The quantitative estimate of drug-likeness (QED) is 0.462. The van der Waals surface area contributed by atoms with E-state index in [0.717, 1.165) is 5.56 Å². The Balaban J connectivity index is 1.70. The summed E-state index contributed by atoms with van der Waals surface area (Å²) < 4.78 is 48.6. The summed E-state index contributed by atoms with van der Waals surface area (Å²) in [4.78, 5) is 12.7. The molecule has 1 aliphatic rings. The van der Waals surface area contributed by atoms with E-state index in [2.05, 4.69) is 29.9 Å². The smallest absolute Gasteiger partial charge is 0.240 e. The van der Waals surface area contributed by atoms with E-state index >= 15 is 0 Å². The molecule has 4 heterocycles. The number of pyridine rings is 1. The van der Waals surface area contributed by atoms with E-state index in [4.69, 9.17) is 14.2 Å². The number of nitrogens with zero attached hydrogens (tertiary/aromatic N) is 6. The molecule has 3 aromatic rings.